The molecule has 0 aromatic carbocycles. The lowest BCUT2D eigenvalue weighted by molar-refractivity contribution is 0.462. The van der Waals surface area contributed by atoms with E-state index in [0.717, 1.165) is 12.8 Å². The van der Waals surface area contributed by atoms with Gasteiger partial charge in [-0.3, -0.25) is 0 Å². The minimum absolute atomic E-state index is 0.0789. The summed E-state index contributed by atoms with van der Waals surface area (Å²) in [7, 11) is 0. The van der Waals surface area contributed by atoms with Gasteiger partial charge >= 0.3 is 0 Å². The van der Waals surface area contributed by atoms with Gasteiger partial charge in [-0.1, -0.05) is 0 Å². The molecule has 0 saturated heterocycles. The van der Waals surface area contributed by atoms with Crippen LogP contribution in [0.4, 0.5) is 19.0 Å². The Hall–Kier alpha value is -1.77. The van der Waals surface area contributed by atoms with Crippen LogP contribution >= 0.6 is 0 Å². The fraction of sp³-hybridized carbons (Fsp3) is 0.455. The van der Waals surface area contributed by atoms with E-state index in [1.807, 2.05) is 6.07 Å². The van der Waals surface area contributed by atoms with Crippen LogP contribution in [-0.2, 0) is 0 Å². The van der Waals surface area contributed by atoms with Crippen LogP contribution in [0.5, 0.6) is 0 Å². The van der Waals surface area contributed by atoms with E-state index in [2.05, 4.69) is 4.98 Å². The van der Waals surface area contributed by atoms with Crippen LogP contribution < -0.4 is 4.90 Å². The molecular weight excluding hydrogens is 231 g/mol. The van der Waals surface area contributed by atoms with Crippen molar-refractivity contribution in [2.75, 3.05) is 11.4 Å². The van der Waals surface area contributed by atoms with Crippen LogP contribution in [0.1, 0.15) is 19.3 Å². The first kappa shape index (κ1) is 11.7. The van der Waals surface area contributed by atoms with Crippen LogP contribution in [0.2, 0.25) is 0 Å². The minimum atomic E-state index is -1.32. The van der Waals surface area contributed by atoms with Gasteiger partial charge < -0.3 is 4.90 Å². The number of hydrogen-bond donors (Lipinski definition) is 0. The molecule has 2 rings (SSSR count). The molecule has 17 heavy (non-hydrogen) atoms. The predicted octanol–water partition coefficient (Wildman–Crippen LogP) is 2.38. The lowest BCUT2D eigenvalue weighted by Crippen LogP contribution is -2.29. The SMILES string of the molecule is N#CCCN(c1nc(F)c(F)cc1F)C1CC1. The van der Waals surface area contributed by atoms with Gasteiger partial charge in [-0.25, -0.2) is 8.78 Å². The molecule has 0 radical (unpaired) electrons. The molecule has 1 saturated carbocycles. The number of hydrogen-bond acceptors (Lipinski definition) is 3. The average molecular weight is 241 g/mol. The summed E-state index contributed by atoms with van der Waals surface area (Å²) in [5.41, 5.74) is 0. The number of halogens is 3. The molecule has 0 amide bonds. The van der Waals surface area contributed by atoms with Gasteiger partial charge in [-0.2, -0.15) is 14.6 Å². The second-order valence-electron chi connectivity index (χ2n) is 3.90. The number of aromatic nitrogens is 1. The zero-order chi connectivity index (χ0) is 12.4. The Balaban J connectivity index is 2.29. The van der Waals surface area contributed by atoms with Crippen molar-refractivity contribution in [3.8, 4) is 6.07 Å². The fourth-order valence-electron chi connectivity index (χ4n) is 1.65. The van der Waals surface area contributed by atoms with E-state index in [9.17, 15) is 13.2 Å². The van der Waals surface area contributed by atoms with E-state index in [1.54, 1.807) is 0 Å². The summed E-state index contributed by atoms with van der Waals surface area (Å²) in [5, 5.41) is 8.51. The number of nitriles is 1. The Bertz CT molecular complexity index is 466. The fourth-order valence-corrected chi connectivity index (χ4v) is 1.65. The van der Waals surface area contributed by atoms with Crippen molar-refractivity contribution < 1.29 is 13.2 Å². The maximum absolute atomic E-state index is 13.5. The zero-order valence-corrected chi connectivity index (χ0v) is 8.96. The van der Waals surface area contributed by atoms with Crippen molar-refractivity contribution in [1.82, 2.24) is 4.98 Å². The maximum Gasteiger partial charge on any atom is 0.251 e. The second kappa shape index (κ2) is 4.62. The van der Waals surface area contributed by atoms with Gasteiger partial charge in [-0.05, 0) is 12.8 Å². The monoisotopic (exact) mass is 241 g/mol. The van der Waals surface area contributed by atoms with Crippen molar-refractivity contribution in [3.63, 3.8) is 0 Å². The van der Waals surface area contributed by atoms with E-state index in [0.29, 0.717) is 6.07 Å². The number of anilines is 1. The molecule has 6 heteroatoms. The van der Waals surface area contributed by atoms with Crippen LogP contribution in [0.15, 0.2) is 6.07 Å². The summed E-state index contributed by atoms with van der Waals surface area (Å²) in [4.78, 5) is 4.82. The van der Waals surface area contributed by atoms with E-state index >= 15 is 0 Å². The first-order chi connectivity index (χ1) is 8.13. The van der Waals surface area contributed by atoms with Gasteiger partial charge in [0, 0.05) is 18.7 Å². The van der Waals surface area contributed by atoms with Crippen LogP contribution in [0.3, 0.4) is 0 Å². The van der Waals surface area contributed by atoms with Crippen LogP contribution in [0, 0.1) is 28.9 Å². The van der Waals surface area contributed by atoms with E-state index in [-0.39, 0.29) is 24.8 Å². The molecule has 1 aromatic heterocycles. The summed E-state index contributed by atoms with van der Waals surface area (Å²) in [5.74, 6) is -3.72. The zero-order valence-electron chi connectivity index (χ0n) is 8.96. The lowest BCUT2D eigenvalue weighted by atomic mass is 10.3. The van der Waals surface area contributed by atoms with Crippen molar-refractivity contribution >= 4 is 5.82 Å². The Morgan fingerprint density at radius 1 is 1.35 bits per heavy atom. The Morgan fingerprint density at radius 3 is 2.65 bits per heavy atom. The molecule has 0 atom stereocenters. The molecular formula is C11H10F3N3. The van der Waals surface area contributed by atoms with Gasteiger partial charge in [0.05, 0.1) is 12.5 Å². The highest BCUT2D eigenvalue weighted by atomic mass is 19.2. The average Bonchev–Trinajstić information content (AvgIpc) is 3.10. The molecule has 1 fully saturated rings. The molecule has 0 spiro atoms. The predicted molar refractivity (Wildman–Crippen MR) is 54.7 cm³/mol. The summed E-state index contributed by atoms with van der Waals surface area (Å²) < 4.78 is 39.2. The number of rotatable bonds is 4. The molecule has 3 nitrogen and oxygen atoms in total. The summed E-state index contributed by atoms with van der Waals surface area (Å²) in [6.45, 7) is 0.274. The largest absolute Gasteiger partial charge is 0.350 e. The molecule has 1 aromatic rings. The lowest BCUT2D eigenvalue weighted by Gasteiger charge is -2.22. The minimum Gasteiger partial charge on any atom is -0.350 e. The van der Waals surface area contributed by atoms with Crippen molar-refractivity contribution in [1.29, 1.82) is 5.26 Å². The second-order valence-corrected chi connectivity index (χ2v) is 3.90. The topological polar surface area (TPSA) is 39.9 Å². The molecule has 0 N–H and O–H groups in total. The molecule has 0 bridgehead atoms. The van der Waals surface area contributed by atoms with Crippen molar-refractivity contribution in [3.05, 3.63) is 23.6 Å². The molecule has 90 valence electrons. The third kappa shape index (κ3) is 2.49. The van der Waals surface area contributed by atoms with Crippen molar-refractivity contribution in [2.45, 2.75) is 25.3 Å². The van der Waals surface area contributed by atoms with Crippen molar-refractivity contribution in [2.24, 2.45) is 0 Å². The van der Waals surface area contributed by atoms with E-state index in [1.165, 1.54) is 4.90 Å². The smallest absolute Gasteiger partial charge is 0.251 e. The van der Waals surface area contributed by atoms with Gasteiger partial charge in [0.2, 0.25) is 0 Å². The van der Waals surface area contributed by atoms with Gasteiger partial charge in [0.15, 0.2) is 17.5 Å². The Kier molecular flexibility index (Phi) is 3.18. The standard InChI is InChI=1S/C11H10F3N3/c12-8-6-9(13)11(16-10(8)14)17(5-1-4-15)7-2-3-7/h6-7H,1-3,5H2. The van der Waals surface area contributed by atoms with E-state index < -0.39 is 17.6 Å². The quantitative estimate of drug-likeness (QED) is 0.760. The van der Waals surface area contributed by atoms with Crippen LogP contribution in [0.25, 0.3) is 0 Å². The Morgan fingerprint density at radius 2 is 2.06 bits per heavy atom. The molecule has 1 heterocycles. The third-order valence-corrected chi connectivity index (χ3v) is 2.59. The molecule has 0 aliphatic heterocycles. The summed E-state index contributed by atoms with van der Waals surface area (Å²) in [6.07, 6.45) is 1.90. The van der Waals surface area contributed by atoms with Gasteiger partial charge in [-0.15, -0.1) is 0 Å². The summed E-state index contributed by atoms with van der Waals surface area (Å²) >= 11 is 0. The molecule has 1 aliphatic carbocycles. The summed E-state index contributed by atoms with van der Waals surface area (Å²) in [6, 6.07) is 2.50. The highest BCUT2D eigenvalue weighted by Gasteiger charge is 2.32. The van der Waals surface area contributed by atoms with E-state index in [4.69, 9.17) is 5.26 Å². The highest BCUT2D eigenvalue weighted by Crippen LogP contribution is 2.32. The van der Waals surface area contributed by atoms with Gasteiger partial charge in [0.25, 0.3) is 5.95 Å². The molecule has 0 unspecified atom stereocenters. The van der Waals surface area contributed by atoms with Gasteiger partial charge in [0.1, 0.15) is 0 Å². The first-order valence-corrected chi connectivity index (χ1v) is 5.28. The van der Waals surface area contributed by atoms with Crippen LogP contribution in [-0.4, -0.2) is 17.6 Å². The highest BCUT2D eigenvalue weighted by molar-refractivity contribution is 5.43. The number of nitrogens with zero attached hydrogens (tertiary/aromatic N) is 3. The normalized spacial score (nSPS) is 14.5. The third-order valence-electron chi connectivity index (χ3n) is 2.59. The maximum atomic E-state index is 13.5. The first-order valence-electron chi connectivity index (χ1n) is 5.28. The number of pyridine rings is 1. The Labute approximate surface area is 96.5 Å². The molecule has 1 aliphatic rings.